The van der Waals surface area contributed by atoms with Crippen LogP contribution in [0.25, 0.3) is 22.0 Å². The minimum absolute atomic E-state index is 0.118. The van der Waals surface area contributed by atoms with E-state index in [9.17, 15) is 23.5 Å². The number of aromatic carboxylic acids is 1. The number of rotatable bonds is 7. The van der Waals surface area contributed by atoms with E-state index in [1.165, 1.54) is 28.6 Å². The first kappa shape index (κ1) is 22.4. The van der Waals surface area contributed by atoms with Crippen molar-refractivity contribution in [3.63, 3.8) is 0 Å². The lowest BCUT2D eigenvalue weighted by atomic mass is 10.0. The number of nitrogens with one attached hydrogen (secondary N) is 2. The lowest BCUT2D eigenvalue weighted by Gasteiger charge is -2.16. The van der Waals surface area contributed by atoms with Crippen molar-refractivity contribution in [2.75, 3.05) is 10.5 Å². The van der Waals surface area contributed by atoms with Gasteiger partial charge in [0.2, 0.25) is 0 Å². The van der Waals surface area contributed by atoms with E-state index in [-0.39, 0.29) is 22.7 Å². The topological polar surface area (TPSA) is 96.4 Å². The highest BCUT2D eigenvalue weighted by atomic mass is 32.2. The minimum atomic E-state index is -1.21. The van der Waals surface area contributed by atoms with Gasteiger partial charge < -0.3 is 24.1 Å². The van der Waals surface area contributed by atoms with Crippen LogP contribution in [0.4, 0.5) is 14.5 Å². The molecule has 0 saturated carbocycles. The number of hydrogen-bond acceptors (Lipinski definition) is 5. The number of hydrogen-bond donors (Lipinski definition) is 3. The van der Waals surface area contributed by atoms with Gasteiger partial charge in [-0.25, -0.2) is 13.6 Å². The molecule has 0 aliphatic carbocycles. The first-order valence-electron chi connectivity index (χ1n) is 9.89. The van der Waals surface area contributed by atoms with Crippen molar-refractivity contribution in [1.82, 2.24) is 9.55 Å². The van der Waals surface area contributed by atoms with Gasteiger partial charge >= 0.3 is 5.97 Å². The summed E-state index contributed by atoms with van der Waals surface area (Å²) >= 11 is 1.46. The van der Waals surface area contributed by atoms with E-state index in [0.29, 0.717) is 16.5 Å². The van der Waals surface area contributed by atoms with Gasteiger partial charge in [-0.15, -0.1) is 0 Å². The molecule has 0 atom stereocenters. The van der Waals surface area contributed by atoms with E-state index in [4.69, 9.17) is 4.74 Å². The third kappa shape index (κ3) is 4.42. The first-order chi connectivity index (χ1) is 15.8. The molecule has 2 aromatic heterocycles. The monoisotopic (exact) mass is 471 g/mol. The van der Waals surface area contributed by atoms with Crippen LogP contribution in [0.3, 0.4) is 0 Å². The number of aromatic amines is 1. The quantitative estimate of drug-likeness (QED) is 0.313. The Morgan fingerprint density at radius 3 is 2.61 bits per heavy atom. The molecule has 10 heteroatoms. The van der Waals surface area contributed by atoms with Crippen molar-refractivity contribution in [2.24, 2.45) is 7.05 Å². The Bertz CT molecular complexity index is 1430. The number of H-pyrrole nitrogens is 1. The molecule has 2 heterocycles. The molecule has 170 valence electrons. The minimum Gasteiger partial charge on any atom is -0.477 e. The second-order valence-corrected chi connectivity index (χ2v) is 8.23. The largest absolute Gasteiger partial charge is 0.477 e. The van der Waals surface area contributed by atoms with Crippen molar-refractivity contribution in [3.8, 4) is 22.6 Å². The summed E-state index contributed by atoms with van der Waals surface area (Å²) in [6.07, 6.45) is 1.56. The van der Waals surface area contributed by atoms with Gasteiger partial charge in [0.15, 0.2) is 11.6 Å². The highest BCUT2D eigenvalue weighted by Crippen LogP contribution is 2.39. The molecular formula is C23H19F2N3O4S. The normalized spacial score (nSPS) is 11.0. The van der Waals surface area contributed by atoms with E-state index < -0.39 is 23.2 Å². The predicted molar refractivity (Wildman–Crippen MR) is 124 cm³/mol. The molecule has 0 bridgehead atoms. The van der Waals surface area contributed by atoms with Gasteiger partial charge in [0.1, 0.15) is 22.8 Å². The fourth-order valence-electron chi connectivity index (χ4n) is 3.39. The number of aryl methyl sites for hydroxylation is 1. The average Bonchev–Trinajstić information content (AvgIpc) is 3.23. The van der Waals surface area contributed by atoms with E-state index >= 15 is 0 Å². The summed E-state index contributed by atoms with van der Waals surface area (Å²) in [7, 11) is 1.54. The SMILES string of the molecule is CCSNc1ccc(Oc2ccc(F)cc2F)c(-c2cn(C)c(=O)c3[nH]c(C(=O)O)cc23)c1. The lowest BCUT2D eigenvalue weighted by Crippen LogP contribution is -2.16. The number of carboxylic acids is 1. The Kier molecular flexibility index (Phi) is 6.10. The van der Waals surface area contributed by atoms with Crippen LogP contribution in [-0.4, -0.2) is 26.4 Å². The van der Waals surface area contributed by atoms with Gasteiger partial charge in [-0.05, 0) is 36.4 Å². The van der Waals surface area contributed by atoms with Gasteiger partial charge in [0.25, 0.3) is 5.56 Å². The number of halogens is 2. The summed E-state index contributed by atoms with van der Waals surface area (Å²) in [5.41, 5.74) is 1.28. The third-order valence-corrected chi connectivity index (χ3v) is 5.58. The molecule has 0 spiro atoms. The van der Waals surface area contributed by atoms with Crippen LogP contribution < -0.4 is 15.0 Å². The maximum atomic E-state index is 14.3. The Balaban J connectivity index is 1.94. The van der Waals surface area contributed by atoms with Crippen molar-refractivity contribution in [3.05, 3.63) is 76.3 Å². The van der Waals surface area contributed by atoms with E-state index in [1.54, 1.807) is 31.4 Å². The van der Waals surface area contributed by atoms with Crippen LogP contribution in [0, 0.1) is 11.6 Å². The first-order valence-corrected chi connectivity index (χ1v) is 10.9. The number of carboxylic acid groups (broad SMARTS) is 1. The molecule has 3 N–H and O–H groups in total. The van der Waals surface area contributed by atoms with Crippen LogP contribution in [0.15, 0.2) is 53.5 Å². The van der Waals surface area contributed by atoms with Crippen LogP contribution >= 0.6 is 11.9 Å². The van der Waals surface area contributed by atoms with Crippen LogP contribution in [-0.2, 0) is 7.05 Å². The molecule has 2 aromatic carbocycles. The predicted octanol–water partition coefficient (Wildman–Crippen LogP) is 5.38. The van der Waals surface area contributed by atoms with Gasteiger partial charge in [0.05, 0.1) is 0 Å². The lowest BCUT2D eigenvalue weighted by molar-refractivity contribution is 0.0691. The number of aromatic nitrogens is 2. The van der Waals surface area contributed by atoms with Gasteiger partial charge in [0, 0.05) is 47.3 Å². The summed E-state index contributed by atoms with van der Waals surface area (Å²) < 4.78 is 37.9. The molecule has 4 rings (SSSR count). The standard InChI is InChI=1S/C23H19F2N3O4S/c1-3-33-27-13-5-7-19(32-20-6-4-12(24)8-17(20)25)14(9-13)16-11-28(2)22(29)21-15(16)10-18(26-21)23(30)31/h4-11,26-27H,3H2,1-2H3,(H,30,31). The fraction of sp³-hybridized carbons (Fsp3) is 0.130. The van der Waals surface area contributed by atoms with E-state index in [1.807, 2.05) is 6.92 Å². The van der Waals surface area contributed by atoms with Crippen molar-refractivity contribution >= 4 is 34.5 Å². The maximum absolute atomic E-state index is 14.3. The average molecular weight is 471 g/mol. The molecule has 0 fully saturated rings. The Morgan fingerprint density at radius 1 is 1.15 bits per heavy atom. The Morgan fingerprint density at radius 2 is 1.91 bits per heavy atom. The molecule has 7 nitrogen and oxygen atoms in total. The summed E-state index contributed by atoms with van der Waals surface area (Å²) in [4.78, 5) is 26.8. The van der Waals surface area contributed by atoms with Gasteiger partial charge in [-0.1, -0.05) is 18.9 Å². The van der Waals surface area contributed by atoms with Crippen LogP contribution in [0.5, 0.6) is 11.5 Å². The molecule has 0 unspecified atom stereocenters. The molecule has 0 radical (unpaired) electrons. The van der Waals surface area contributed by atoms with Crippen LogP contribution in [0.1, 0.15) is 17.4 Å². The fourth-order valence-corrected chi connectivity index (χ4v) is 3.83. The van der Waals surface area contributed by atoms with Crippen molar-refractivity contribution in [2.45, 2.75) is 6.92 Å². The molecule has 0 amide bonds. The Labute approximate surface area is 191 Å². The van der Waals surface area contributed by atoms with E-state index in [0.717, 1.165) is 23.6 Å². The molecule has 0 saturated heterocycles. The zero-order valence-electron chi connectivity index (χ0n) is 17.6. The molecule has 33 heavy (non-hydrogen) atoms. The smallest absolute Gasteiger partial charge is 0.352 e. The summed E-state index contributed by atoms with van der Waals surface area (Å²) in [6.45, 7) is 1.98. The van der Waals surface area contributed by atoms with Crippen molar-refractivity contribution < 1.29 is 23.4 Å². The van der Waals surface area contributed by atoms with E-state index in [2.05, 4.69) is 9.71 Å². The van der Waals surface area contributed by atoms with Crippen molar-refractivity contribution in [1.29, 1.82) is 0 Å². The molecular weight excluding hydrogens is 452 g/mol. The number of benzene rings is 2. The number of pyridine rings is 1. The highest BCUT2D eigenvalue weighted by Gasteiger charge is 2.19. The maximum Gasteiger partial charge on any atom is 0.352 e. The zero-order chi connectivity index (χ0) is 23.7. The third-order valence-electron chi connectivity index (χ3n) is 4.91. The summed E-state index contributed by atoms with van der Waals surface area (Å²) in [5.74, 6) is -1.94. The second kappa shape index (κ2) is 8.99. The number of anilines is 1. The summed E-state index contributed by atoms with van der Waals surface area (Å²) in [5, 5.41) is 9.78. The van der Waals surface area contributed by atoms with Gasteiger partial charge in [-0.2, -0.15) is 0 Å². The number of fused-ring (bicyclic) bond motifs is 1. The number of nitrogens with zero attached hydrogens (tertiary/aromatic N) is 1. The second-order valence-electron chi connectivity index (χ2n) is 7.16. The van der Waals surface area contributed by atoms with Crippen LogP contribution in [0.2, 0.25) is 0 Å². The zero-order valence-corrected chi connectivity index (χ0v) is 18.4. The summed E-state index contributed by atoms with van der Waals surface area (Å²) in [6, 6.07) is 9.48. The number of carbonyl (C=O) groups is 1. The van der Waals surface area contributed by atoms with Gasteiger partial charge in [-0.3, -0.25) is 4.79 Å². The molecule has 4 aromatic rings. The molecule has 0 aliphatic heterocycles. The highest BCUT2D eigenvalue weighted by molar-refractivity contribution is 8.00. The Hall–Kier alpha value is -3.79. The number of ether oxygens (including phenoxy) is 1. The molecule has 0 aliphatic rings.